The lowest BCUT2D eigenvalue weighted by molar-refractivity contribution is -0.148. The van der Waals surface area contributed by atoms with Crippen molar-refractivity contribution in [1.82, 2.24) is 4.90 Å². The quantitative estimate of drug-likeness (QED) is 0.728. The first kappa shape index (κ1) is 20.8. The van der Waals surface area contributed by atoms with Gasteiger partial charge < -0.3 is 14.4 Å². The molecule has 0 aliphatic carbocycles. The van der Waals surface area contributed by atoms with E-state index in [1.165, 1.54) is 36.4 Å². The number of carbonyl (C=O) groups excluding carboxylic acids is 1. The molecule has 30 heavy (non-hydrogen) atoms. The van der Waals surface area contributed by atoms with Crippen LogP contribution >= 0.6 is 0 Å². The molecule has 4 nitrogen and oxygen atoms in total. The van der Waals surface area contributed by atoms with Gasteiger partial charge >= 0.3 is 0 Å². The van der Waals surface area contributed by atoms with Gasteiger partial charge in [0, 0.05) is 19.7 Å². The van der Waals surface area contributed by atoms with E-state index >= 15 is 0 Å². The maximum atomic E-state index is 13.1. The summed E-state index contributed by atoms with van der Waals surface area (Å²) in [6.45, 7) is 1.98. The van der Waals surface area contributed by atoms with Gasteiger partial charge in [0.05, 0.1) is 5.60 Å². The highest BCUT2D eigenvalue weighted by Gasteiger charge is 2.41. The SMILES string of the molecule is O=C(COc1ccc(F)cc1)N1CCC2(CC1)CC(Cc1ccc(F)cc1)CCO2. The summed E-state index contributed by atoms with van der Waals surface area (Å²) in [5.41, 5.74) is 0.987. The number of hydrogen-bond donors (Lipinski definition) is 0. The first-order chi connectivity index (χ1) is 14.5. The predicted molar refractivity (Wildman–Crippen MR) is 109 cm³/mol. The van der Waals surface area contributed by atoms with Crippen LogP contribution in [0.1, 0.15) is 31.2 Å². The summed E-state index contributed by atoms with van der Waals surface area (Å²) in [6, 6.07) is 12.4. The van der Waals surface area contributed by atoms with Gasteiger partial charge in [0.25, 0.3) is 5.91 Å². The normalized spacial score (nSPS) is 20.9. The monoisotopic (exact) mass is 415 g/mol. The van der Waals surface area contributed by atoms with Crippen LogP contribution in [0.25, 0.3) is 0 Å². The van der Waals surface area contributed by atoms with Crippen LogP contribution < -0.4 is 4.74 Å². The Morgan fingerprint density at radius 3 is 2.33 bits per heavy atom. The number of nitrogens with zero attached hydrogens (tertiary/aromatic N) is 1. The third-order valence-corrected chi connectivity index (χ3v) is 6.24. The van der Waals surface area contributed by atoms with E-state index in [0.717, 1.165) is 44.3 Å². The van der Waals surface area contributed by atoms with Crippen molar-refractivity contribution < 1.29 is 23.0 Å². The predicted octanol–water partition coefficient (Wildman–Crippen LogP) is 4.37. The molecule has 6 heteroatoms. The highest BCUT2D eigenvalue weighted by molar-refractivity contribution is 5.77. The standard InChI is InChI=1S/C24H27F2NO3/c25-20-3-1-18(2-4-20)15-19-9-14-30-24(16-19)10-12-27(13-11-24)23(28)17-29-22-7-5-21(26)6-8-22/h1-8,19H,9-17H2. The lowest BCUT2D eigenvalue weighted by Crippen LogP contribution is -2.51. The molecule has 0 N–H and O–H groups in total. The van der Waals surface area contributed by atoms with Gasteiger partial charge in [0.2, 0.25) is 0 Å². The molecule has 2 aliphatic rings. The highest BCUT2D eigenvalue weighted by Crippen LogP contribution is 2.38. The molecule has 2 aromatic carbocycles. The molecule has 2 saturated heterocycles. The number of likely N-dealkylation sites (tertiary alicyclic amines) is 1. The van der Waals surface area contributed by atoms with Crippen molar-refractivity contribution in [3.63, 3.8) is 0 Å². The van der Waals surface area contributed by atoms with Crippen LogP contribution in [0.15, 0.2) is 48.5 Å². The number of ether oxygens (including phenoxy) is 2. The molecule has 2 fully saturated rings. The Balaban J connectivity index is 1.26. The second-order valence-corrected chi connectivity index (χ2v) is 8.34. The molecule has 1 amide bonds. The summed E-state index contributed by atoms with van der Waals surface area (Å²) >= 11 is 0. The zero-order valence-corrected chi connectivity index (χ0v) is 17.0. The molecule has 0 saturated carbocycles. The Bertz CT molecular complexity index is 846. The van der Waals surface area contributed by atoms with E-state index in [2.05, 4.69) is 0 Å². The van der Waals surface area contributed by atoms with Gasteiger partial charge in [-0.1, -0.05) is 12.1 Å². The van der Waals surface area contributed by atoms with Crippen LogP contribution in [0.4, 0.5) is 8.78 Å². The van der Waals surface area contributed by atoms with Crippen LogP contribution in [0.2, 0.25) is 0 Å². The zero-order valence-electron chi connectivity index (χ0n) is 17.0. The molecule has 0 radical (unpaired) electrons. The van der Waals surface area contributed by atoms with Crippen LogP contribution in [0.5, 0.6) is 5.75 Å². The molecular formula is C24H27F2NO3. The van der Waals surface area contributed by atoms with Crippen LogP contribution in [0.3, 0.4) is 0 Å². The van der Waals surface area contributed by atoms with Gasteiger partial charge in [0.1, 0.15) is 17.4 Å². The van der Waals surface area contributed by atoms with Crippen molar-refractivity contribution in [2.45, 2.75) is 37.7 Å². The van der Waals surface area contributed by atoms with E-state index in [4.69, 9.17) is 9.47 Å². The minimum absolute atomic E-state index is 0.0489. The Kier molecular flexibility index (Phi) is 6.32. The molecule has 2 heterocycles. The Morgan fingerprint density at radius 1 is 1.03 bits per heavy atom. The minimum Gasteiger partial charge on any atom is -0.484 e. The summed E-state index contributed by atoms with van der Waals surface area (Å²) in [7, 11) is 0. The smallest absolute Gasteiger partial charge is 0.260 e. The second-order valence-electron chi connectivity index (χ2n) is 8.34. The third-order valence-electron chi connectivity index (χ3n) is 6.24. The maximum absolute atomic E-state index is 13.1. The van der Waals surface area contributed by atoms with Gasteiger partial charge in [-0.2, -0.15) is 0 Å². The molecule has 2 aromatic rings. The van der Waals surface area contributed by atoms with Crippen LogP contribution in [-0.2, 0) is 16.0 Å². The molecule has 2 aliphatic heterocycles. The number of hydrogen-bond acceptors (Lipinski definition) is 3. The van der Waals surface area contributed by atoms with Crippen molar-refractivity contribution in [2.24, 2.45) is 5.92 Å². The average Bonchev–Trinajstić information content (AvgIpc) is 2.75. The van der Waals surface area contributed by atoms with E-state index in [0.29, 0.717) is 24.8 Å². The lowest BCUT2D eigenvalue weighted by Gasteiger charge is -2.46. The Morgan fingerprint density at radius 2 is 1.67 bits per heavy atom. The van der Waals surface area contributed by atoms with Gasteiger partial charge in [-0.3, -0.25) is 4.79 Å². The van der Waals surface area contributed by atoms with Crippen molar-refractivity contribution in [1.29, 1.82) is 0 Å². The van der Waals surface area contributed by atoms with E-state index in [1.807, 2.05) is 17.0 Å². The maximum Gasteiger partial charge on any atom is 0.260 e. The van der Waals surface area contributed by atoms with Crippen LogP contribution in [0, 0.1) is 17.6 Å². The van der Waals surface area contributed by atoms with Gasteiger partial charge in [-0.05, 0) is 80.0 Å². The fourth-order valence-corrected chi connectivity index (χ4v) is 4.54. The molecule has 1 atom stereocenters. The molecule has 0 bridgehead atoms. The van der Waals surface area contributed by atoms with E-state index in [-0.39, 0.29) is 29.7 Å². The molecule has 1 spiro atoms. The first-order valence-electron chi connectivity index (χ1n) is 10.6. The minimum atomic E-state index is -0.333. The van der Waals surface area contributed by atoms with Gasteiger partial charge in [-0.15, -0.1) is 0 Å². The molecular weight excluding hydrogens is 388 g/mol. The molecule has 1 unspecified atom stereocenters. The van der Waals surface area contributed by atoms with E-state index in [1.54, 1.807) is 0 Å². The first-order valence-corrected chi connectivity index (χ1v) is 10.6. The van der Waals surface area contributed by atoms with Gasteiger partial charge in [-0.25, -0.2) is 8.78 Å². The Hall–Kier alpha value is -2.47. The summed E-state index contributed by atoms with van der Waals surface area (Å²) in [5, 5.41) is 0. The number of halogens is 2. The summed E-state index contributed by atoms with van der Waals surface area (Å²) < 4.78 is 37.8. The van der Waals surface area contributed by atoms with Crippen molar-refractivity contribution in [3.8, 4) is 5.75 Å². The number of rotatable bonds is 5. The van der Waals surface area contributed by atoms with Crippen LogP contribution in [-0.4, -0.2) is 42.7 Å². The number of piperidine rings is 1. The zero-order chi connectivity index (χ0) is 21.0. The summed E-state index contributed by atoms with van der Waals surface area (Å²) in [5.74, 6) is 0.390. The van der Waals surface area contributed by atoms with Gasteiger partial charge in [0.15, 0.2) is 6.61 Å². The molecule has 0 aromatic heterocycles. The topological polar surface area (TPSA) is 38.8 Å². The number of benzene rings is 2. The molecule has 160 valence electrons. The fraction of sp³-hybridized carbons (Fsp3) is 0.458. The fourth-order valence-electron chi connectivity index (χ4n) is 4.54. The number of amides is 1. The van der Waals surface area contributed by atoms with E-state index < -0.39 is 0 Å². The number of carbonyl (C=O) groups is 1. The summed E-state index contributed by atoms with van der Waals surface area (Å²) in [6.07, 6.45) is 4.54. The van der Waals surface area contributed by atoms with Crippen molar-refractivity contribution in [3.05, 3.63) is 65.7 Å². The second kappa shape index (κ2) is 9.13. The highest BCUT2D eigenvalue weighted by atomic mass is 19.1. The lowest BCUT2D eigenvalue weighted by atomic mass is 9.77. The molecule has 4 rings (SSSR count). The van der Waals surface area contributed by atoms with Crippen molar-refractivity contribution in [2.75, 3.05) is 26.3 Å². The van der Waals surface area contributed by atoms with Crippen molar-refractivity contribution >= 4 is 5.91 Å². The third kappa shape index (κ3) is 5.17. The largest absolute Gasteiger partial charge is 0.484 e. The average molecular weight is 415 g/mol. The van der Waals surface area contributed by atoms with E-state index in [9.17, 15) is 13.6 Å². The Labute approximate surface area is 175 Å². The summed E-state index contributed by atoms with van der Waals surface area (Å²) in [4.78, 5) is 14.3.